The highest BCUT2D eigenvalue weighted by molar-refractivity contribution is 6.01. The predicted molar refractivity (Wildman–Crippen MR) is 110 cm³/mol. The lowest BCUT2D eigenvalue weighted by molar-refractivity contribution is 0.0952. The molecule has 1 unspecified atom stereocenters. The van der Waals surface area contributed by atoms with Gasteiger partial charge in [0.1, 0.15) is 23.3 Å². The van der Waals surface area contributed by atoms with Crippen LogP contribution < -0.4 is 10.3 Å². The Balaban J connectivity index is 2.20. The van der Waals surface area contributed by atoms with E-state index in [9.17, 15) is 24.7 Å². The van der Waals surface area contributed by atoms with Gasteiger partial charge in [-0.15, -0.1) is 0 Å². The molecule has 0 amide bonds. The number of methoxy groups -OCH3 is 1. The van der Waals surface area contributed by atoms with Crippen molar-refractivity contribution < 1.29 is 19.3 Å². The summed E-state index contributed by atoms with van der Waals surface area (Å²) < 4.78 is 21.1. The summed E-state index contributed by atoms with van der Waals surface area (Å²) in [6.07, 6.45) is 0.530. The van der Waals surface area contributed by atoms with Gasteiger partial charge in [-0.3, -0.25) is 9.36 Å². The molecule has 2 N–H and O–H groups in total. The van der Waals surface area contributed by atoms with Crippen LogP contribution in [0.3, 0.4) is 0 Å². The highest BCUT2D eigenvalue weighted by atomic mass is 19.1. The molecule has 1 aliphatic carbocycles. The van der Waals surface area contributed by atoms with Gasteiger partial charge in [0.25, 0.3) is 5.56 Å². The number of hydrogen-bond donors (Lipinski definition) is 2. The summed E-state index contributed by atoms with van der Waals surface area (Å²) in [6, 6.07) is 11.2. The predicted octanol–water partition coefficient (Wildman–Crippen LogP) is 2.92. The fourth-order valence-electron chi connectivity index (χ4n) is 3.97. The van der Waals surface area contributed by atoms with Crippen LogP contribution in [0, 0.1) is 17.1 Å². The maximum absolute atomic E-state index is 14.1. The SMILES string of the molecule is COc1ccc2c(=O)n(C3CC3)c(C#N)c(-c3cccc(F)c3)c2c1CC(O)CO. The third kappa shape index (κ3) is 3.34. The van der Waals surface area contributed by atoms with Crippen LogP contribution in [0.25, 0.3) is 21.9 Å². The zero-order chi connectivity index (χ0) is 21.4. The molecule has 30 heavy (non-hydrogen) atoms. The first-order valence-electron chi connectivity index (χ1n) is 9.73. The molecule has 1 heterocycles. The van der Waals surface area contributed by atoms with Crippen molar-refractivity contribution in [3.05, 3.63) is 63.8 Å². The van der Waals surface area contributed by atoms with Crippen molar-refractivity contribution >= 4 is 10.8 Å². The van der Waals surface area contributed by atoms with Crippen molar-refractivity contribution in [1.82, 2.24) is 4.57 Å². The molecule has 0 bridgehead atoms. The lowest BCUT2D eigenvalue weighted by Crippen LogP contribution is -2.24. The number of ether oxygens (including phenoxy) is 1. The third-order valence-electron chi connectivity index (χ3n) is 5.45. The Labute approximate surface area is 172 Å². The molecule has 0 aliphatic heterocycles. The second-order valence-corrected chi connectivity index (χ2v) is 7.46. The van der Waals surface area contributed by atoms with Crippen LogP contribution >= 0.6 is 0 Å². The van der Waals surface area contributed by atoms with Gasteiger partial charge < -0.3 is 14.9 Å². The number of nitrogens with zero attached hydrogens (tertiary/aromatic N) is 2. The highest BCUT2D eigenvalue weighted by Gasteiger charge is 2.31. The van der Waals surface area contributed by atoms with Gasteiger partial charge in [0.15, 0.2) is 0 Å². The Hall–Kier alpha value is -3.21. The molecule has 1 saturated carbocycles. The first kappa shape index (κ1) is 20.1. The number of halogens is 1. The van der Waals surface area contributed by atoms with Crippen molar-refractivity contribution in [3.63, 3.8) is 0 Å². The van der Waals surface area contributed by atoms with E-state index in [1.54, 1.807) is 24.3 Å². The van der Waals surface area contributed by atoms with E-state index in [1.807, 2.05) is 0 Å². The fourth-order valence-corrected chi connectivity index (χ4v) is 3.97. The lowest BCUT2D eigenvalue weighted by Gasteiger charge is -2.20. The topological polar surface area (TPSA) is 95.5 Å². The number of hydrogen-bond acceptors (Lipinski definition) is 5. The average Bonchev–Trinajstić information content (AvgIpc) is 3.58. The molecule has 154 valence electrons. The number of aliphatic hydroxyl groups is 2. The minimum Gasteiger partial charge on any atom is -0.496 e. The molecular formula is C23H21FN2O4. The van der Waals surface area contributed by atoms with Crippen molar-refractivity contribution in [2.75, 3.05) is 13.7 Å². The average molecular weight is 408 g/mol. The summed E-state index contributed by atoms with van der Waals surface area (Å²) in [6.45, 7) is -0.473. The zero-order valence-electron chi connectivity index (χ0n) is 16.4. The Kier molecular flexibility index (Phi) is 5.29. The third-order valence-corrected chi connectivity index (χ3v) is 5.45. The van der Waals surface area contributed by atoms with Crippen molar-refractivity contribution in [2.24, 2.45) is 0 Å². The summed E-state index contributed by atoms with van der Waals surface area (Å²) in [4.78, 5) is 13.3. The van der Waals surface area contributed by atoms with Crippen molar-refractivity contribution in [2.45, 2.75) is 31.4 Å². The van der Waals surface area contributed by atoms with Crippen LogP contribution in [0.15, 0.2) is 41.2 Å². The molecule has 1 aliphatic rings. The van der Waals surface area contributed by atoms with Gasteiger partial charge in [-0.25, -0.2) is 4.39 Å². The van der Waals surface area contributed by atoms with Crippen LogP contribution in [0.2, 0.25) is 0 Å². The summed E-state index contributed by atoms with van der Waals surface area (Å²) in [5, 5.41) is 30.3. The van der Waals surface area contributed by atoms with Gasteiger partial charge in [-0.05, 0) is 42.7 Å². The number of fused-ring (bicyclic) bond motifs is 1. The zero-order valence-corrected chi connectivity index (χ0v) is 16.4. The minimum absolute atomic E-state index is 0.0110. The normalized spacial score (nSPS) is 14.5. The van der Waals surface area contributed by atoms with E-state index in [0.29, 0.717) is 33.2 Å². The van der Waals surface area contributed by atoms with E-state index in [1.165, 1.54) is 23.8 Å². The number of pyridine rings is 1. The van der Waals surface area contributed by atoms with Crippen molar-refractivity contribution in [3.8, 4) is 22.9 Å². The van der Waals surface area contributed by atoms with Gasteiger partial charge in [0, 0.05) is 34.4 Å². The summed E-state index contributed by atoms with van der Waals surface area (Å²) in [5.74, 6) is -0.0475. The van der Waals surface area contributed by atoms with Gasteiger partial charge >= 0.3 is 0 Å². The molecular weight excluding hydrogens is 387 g/mol. The van der Waals surface area contributed by atoms with Gasteiger partial charge in [-0.1, -0.05) is 12.1 Å². The number of benzene rings is 2. The first-order valence-corrected chi connectivity index (χ1v) is 9.73. The molecule has 2 aromatic carbocycles. The first-order chi connectivity index (χ1) is 14.5. The van der Waals surface area contributed by atoms with Crippen LogP contribution in [0.1, 0.15) is 30.1 Å². The lowest BCUT2D eigenvalue weighted by atomic mass is 9.91. The van der Waals surface area contributed by atoms with Gasteiger partial charge in [-0.2, -0.15) is 5.26 Å². The van der Waals surface area contributed by atoms with E-state index >= 15 is 0 Å². The molecule has 1 fully saturated rings. The number of aliphatic hydroxyl groups excluding tert-OH is 2. The standard InChI is InChI=1S/C23H21FN2O4/c1-30-20-8-7-17-22(18(20)10-16(28)12-27)21(13-3-2-4-14(24)9-13)19(11-25)26(23(17)29)15-5-6-15/h2-4,7-9,15-16,27-28H,5-6,10,12H2,1H3. The molecule has 6 nitrogen and oxygen atoms in total. The van der Waals surface area contributed by atoms with E-state index in [-0.39, 0.29) is 23.7 Å². The van der Waals surface area contributed by atoms with Gasteiger partial charge in [0.05, 0.1) is 19.8 Å². The van der Waals surface area contributed by atoms with Crippen LogP contribution in [-0.4, -0.2) is 34.6 Å². The second kappa shape index (κ2) is 7.90. The number of rotatable bonds is 6. The molecule has 0 radical (unpaired) electrons. The maximum atomic E-state index is 14.1. The second-order valence-electron chi connectivity index (χ2n) is 7.46. The van der Waals surface area contributed by atoms with Crippen LogP contribution in [0.4, 0.5) is 4.39 Å². The molecule has 7 heteroatoms. The maximum Gasteiger partial charge on any atom is 0.259 e. The minimum atomic E-state index is -1.08. The molecule has 3 aromatic rings. The highest BCUT2D eigenvalue weighted by Crippen LogP contribution is 2.41. The van der Waals surface area contributed by atoms with E-state index in [4.69, 9.17) is 4.74 Å². The van der Waals surface area contributed by atoms with Gasteiger partial charge in [0.2, 0.25) is 0 Å². The van der Waals surface area contributed by atoms with Crippen LogP contribution in [0.5, 0.6) is 5.75 Å². The van der Waals surface area contributed by atoms with E-state index in [0.717, 1.165) is 12.8 Å². The van der Waals surface area contributed by atoms with Crippen molar-refractivity contribution in [1.29, 1.82) is 5.26 Å². The summed E-state index contributed by atoms with van der Waals surface area (Å²) >= 11 is 0. The Morgan fingerprint density at radius 1 is 1.33 bits per heavy atom. The largest absolute Gasteiger partial charge is 0.496 e. The molecule has 4 rings (SSSR count). The smallest absolute Gasteiger partial charge is 0.259 e. The Morgan fingerprint density at radius 2 is 2.10 bits per heavy atom. The molecule has 0 spiro atoms. The summed E-state index contributed by atoms with van der Waals surface area (Å²) in [5.41, 5.74) is 1.24. The quantitative estimate of drug-likeness (QED) is 0.654. The van der Waals surface area contributed by atoms with E-state index in [2.05, 4.69) is 6.07 Å². The number of nitriles is 1. The molecule has 0 saturated heterocycles. The fraction of sp³-hybridized carbons (Fsp3) is 0.304. The summed E-state index contributed by atoms with van der Waals surface area (Å²) in [7, 11) is 1.47. The number of aromatic nitrogens is 1. The molecule has 1 atom stereocenters. The molecule has 1 aromatic heterocycles. The Bertz CT molecular complexity index is 1220. The van der Waals surface area contributed by atoms with Crippen LogP contribution in [-0.2, 0) is 6.42 Å². The Morgan fingerprint density at radius 3 is 2.70 bits per heavy atom. The van der Waals surface area contributed by atoms with E-state index < -0.39 is 18.5 Å². The monoisotopic (exact) mass is 408 g/mol.